The molecule has 0 amide bonds. The van der Waals surface area contributed by atoms with Gasteiger partial charge in [-0.1, -0.05) is 12.1 Å². The van der Waals surface area contributed by atoms with Crippen LogP contribution in [-0.2, 0) is 6.54 Å². The number of imidazole rings is 1. The molecular weight excluding hydrogens is 270 g/mol. The maximum absolute atomic E-state index is 10.6. The van der Waals surface area contributed by atoms with Crippen LogP contribution in [0.1, 0.15) is 5.82 Å². The molecule has 1 N–H and O–H groups in total. The molecule has 0 aliphatic heterocycles. The summed E-state index contributed by atoms with van der Waals surface area (Å²) < 4.78 is 0. The van der Waals surface area contributed by atoms with Crippen molar-refractivity contribution in [2.75, 3.05) is 11.9 Å². The Morgan fingerprint density at radius 2 is 2.10 bits per heavy atom. The number of rotatable bonds is 4. The first-order chi connectivity index (χ1) is 10.1. The molecule has 21 heavy (non-hydrogen) atoms. The number of aromatic nitrogens is 3. The Balaban J connectivity index is 1.78. The number of aromatic amines is 1. The second-order valence-electron chi connectivity index (χ2n) is 4.69. The molecule has 0 radical (unpaired) electrons. The van der Waals surface area contributed by atoms with Gasteiger partial charge in [0.1, 0.15) is 17.8 Å². The number of nitrogens with zero attached hydrogens (tertiary/aromatic N) is 4. The van der Waals surface area contributed by atoms with E-state index in [2.05, 4.69) is 15.0 Å². The average Bonchev–Trinajstić information content (AvgIpc) is 2.89. The molecule has 3 aromatic rings. The molecule has 0 bridgehead atoms. The van der Waals surface area contributed by atoms with Crippen LogP contribution in [0.2, 0.25) is 0 Å². The largest absolute Gasteiger partial charge is 0.352 e. The standard InChI is InChI=1S/C14H13N5O2/c1-18(14-7-6-10(8-15-14)19(20)21)9-13-16-11-4-2-3-5-12(11)17-13/h2-8H,9H2,1H3,(H,16,17). The van der Waals surface area contributed by atoms with Crippen molar-refractivity contribution in [2.24, 2.45) is 0 Å². The summed E-state index contributed by atoms with van der Waals surface area (Å²) in [6.07, 6.45) is 1.25. The zero-order valence-electron chi connectivity index (χ0n) is 11.4. The average molecular weight is 283 g/mol. The molecular formula is C14H13N5O2. The van der Waals surface area contributed by atoms with E-state index in [1.165, 1.54) is 12.3 Å². The van der Waals surface area contributed by atoms with E-state index in [1.807, 2.05) is 36.2 Å². The Hall–Kier alpha value is -2.96. The number of anilines is 1. The van der Waals surface area contributed by atoms with Gasteiger partial charge in [-0.3, -0.25) is 10.1 Å². The van der Waals surface area contributed by atoms with Gasteiger partial charge in [0.15, 0.2) is 0 Å². The van der Waals surface area contributed by atoms with Crippen LogP contribution in [0.25, 0.3) is 11.0 Å². The molecule has 7 heteroatoms. The third kappa shape index (κ3) is 2.66. The van der Waals surface area contributed by atoms with Crippen molar-refractivity contribution in [2.45, 2.75) is 6.54 Å². The number of H-pyrrole nitrogens is 1. The molecule has 0 aliphatic carbocycles. The molecule has 106 valence electrons. The number of hydrogen-bond donors (Lipinski definition) is 1. The normalized spacial score (nSPS) is 10.7. The predicted molar refractivity (Wildman–Crippen MR) is 79.1 cm³/mol. The number of para-hydroxylation sites is 2. The zero-order chi connectivity index (χ0) is 14.8. The van der Waals surface area contributed by atoms with E-state index in [1.54, 1.807) is 6.07 Å². The maximum Gasteiger partial charge on any atom is 0.287 e. The monoisotopic (exact) mass is 283 g/mol. The molecule has 0 aliphatic rings. The smallest absolute Gasteiger partial charge is 0.287 e. The third-order valence-corrected chi connectivity index (χ3v) is 3.16. The highest BCUT2D eigenvalue weighted by molar-refractivity contribution is 5.74. The van der Waals surface area contributed by atoms with Crippen LogP contribution in [0.5, 0.6) is 0 Å². The minimum absolute atomic E-state index is 0.0177. The second-order valence-corrected chi connectivity index (χ2v) is 4.69. The fraction of sp³-hybridized carbons (Fsp3) is 0.143. The first kappa shape index (κ1) is 13.0. The topological polar surface area (TPSA) is 88.0 Å². The highest BCUT2D eigenvalue weighted by Gasteiger charge is 2.10. The zero-order valence-corrected chi connectivity index (χ0v) is 11.4. The molecule has 0 saturated heterocycles. The maximum atomic E-state index is 10.6. The van der Waals surface area contributed by atoms with E-state index in [9.17, 15) is 10.1 Å². The summed E-state index contributed by atoms with van der Waals surface area (Å²) in [5.74, 6) is 1.47. The molecule has 0 spiro atoms. The lowest BCUT2D eigenvalue weighted by Gasteiger charge is -2.16. The minimum atomic E-state index is -0.462. The fourth-order valence-electron chi connectivity index (χ4n) is 2.10. The van der Waals surface area contributed by atoms with Gasteiger partial charge in [-0.15, -0.1) is 0 Å². The minimum Gasteiger partial charge on any atom is -0.352 e. The van der Waals surface area contributed by atoms with Crippen LogP contribution >= 0.6 is 0 Å². The number of pyridine rings is 1. The van der Waals surface area contributed by atoms with Crippen molar-refractivity contribution >= 4 is 22.5 Å². The van der Waals surface area contributed by atoms with Gasteiger partial charge in [0, 0.05) is 13.1 Å². The van der Waals surface area contributed by atoms with E-state index >= 15 is 0 Å². The highest BCUT2D eigenvalue weighted by Crippen LogP contribution is 2.17. The summed E-state index contributed by atoms with van der Waals surface area (Å²) in [7, 11) is 1.86. The summed E-state index contributed by atoms with van der Waals surface area (Å²) in [5, 5.41) is 10.6. The van der Waals surface area contributed by atoms with Crippen molar-refractivity contribution in [3.63, 3.8) is 0 Å². The molecule has 0 fully saturated rings. The number of benzene rings is 1. The number of hydrogen-bond acceptors (Lipinski definition) is 5. The molecule has 0 saturated carbocycles. The van der Waals surface area contributed by atoms with E-state index in [0.717, 1.165) is 16.9 Å². The van der Waals surface area contributed by atoms with Crippen molar-refractivity contribution in [3.05, 3.63) is 58.5 Å². The summed E-state index contributed by atoms with van der Waals surface area (Å²) in [6, 6.07) is 10.9. The van der Waals surface area contributed by atoms with Gasteiger partial charge in [0.2, 0.25) is 0 Å². The Labute approximate surface area is 120 Å². The first-order valence-electron chi connectivity index (χ1n) is 6.39. The van der Waals surface area contributed by atoms with Gasteiger partial charge in [0.05, 0.1) is 22.5 Å². The number of nitrogens with one attached hydrogen (secondary N) is 1. The summed E-state index contributed by atoms with van der Waals surface area (Å²) in [4.78, 5) is 23.8. The van der Waals surface area contributed by atoms with E-state index in [0.29, 0.717) is 12.4 Å². The molecule has 7 nitrogen and oxygen atoms in total. The Morgan fingerprint density at radius 3 is 2.76 bits per heavy atom. The number of fused-ring (bicyclic) bond motifs is 1. The van der Waals surface area contributed by atoms with Gasteiger partial charge in [-0.05, 0) is 18.2 Å². The molecule has 0 atom stereocenters. The highest BCUT2D eigenvalue weighted by atomic mass is 16.6. The van der Waals surface area contributed by atoms with Crippen molar-refractivity contribution in [1.82, 2.24) is 15.0 Å². The van der Waals surface area contributed by atoms with E-state index in [4.69, 9.17) is 0 Å². The summed E-state index contributed by atoms with van der Waals surface area (Å²) >= 11 is 0. The second kappa shape index (κ2) is 5.20. The molecule has 2 aromatic heterocycles. The van der Waals surface area contributed by atoms with Gasteiger partial charge in [-0.2, -0.15) is 0 Å². The van der Waals surface area contributed by atoms with Crippen molar-refractivity contribution in [1.29, 1.82) is 0 Å². The van der Waals surface area contributed by atoms with Gasteiger partial charge in [0.25, 0.3) is 5.69 Å². The van der Waals surface area contributed by atoms with Gasteiger partial charge < -0.3 is 9.88 Å². The molecule has 3 rings (SSSR count). The third-order valence-electron chi connectivity index (χ3n) is 3.16. The van der Waals surface area contributed by atoms with Crippen LogP contribution in [-0.4, -0.2) is 26.9 Å². The van der Waals surface area contributed by atoms with Crippen LogP contribution in [0, 0.1) is 10.1 Å². The van der Waals surface area contributed by atoms with Crippen LogP contribution < -0.4 is 4.90 Å². The molecule has 0 unspecified atom stereocenters. The lowest BCUT2D eigenvalue weighted by molar-refractivity contribution is -0.385. The molecule has 2 heterocycles. The lowest BCUT2D eigenvalue weighted by Crippen LogP contribution is -2.18. The first-order valence-corrected chi connectivity index (χ1v) is 6.39. The van der Waals surface area contributed by atoms with Gasteiger partial charge in [-0.25, -0.2) is 9.97 Å². The number of nitro groups is 1. The lowest BCUT2D eigenvalue weighted by atomic mass is 10.3. The fourth-order valence-corrected chi connectivity index (χ4v) is 2.10. The Kier molecular flexibility index (Phi) is 3.23. The van der Waals surface area contributed by atoms with Crippen LogP contribution in [0.3, 0.4) is 0 Å². The predicted octanol–water partition coefficient (Wildman–Crippen LogP) is 2.50. The molecule has 1 aromatic carbocycles. The SMILES string of the molecule is CN(Cc1nc2ccccc2[nH]1)c1ccc([N+](=O)[O-])cn1. The van der Waals surface area contributed by atoms with Gasteiger partial charge >= 0.3 is 0 Å². The van der Waals surface area contributed by atoms with E-state index in [-0.39, 0.29) is 5.69 Å². The summed E-state index contributed by atoms with van der Waals surface area (Å²) in [6.45, 7) is 0.541. The van der Waals surface area contributed by atoms with Crippen molar-refractivity contribution in [3.8, 4) is 0 Å². The Bertz CT molecular complexity index is 748. The van der Waals surface area contributed by atoms with E-state index < -0.39 is 4.92 Å². The Morgan fingerprint density at radius 1 is 1.29 bits per heavy atom. The van der Waals surface area contributed by atoms with Crippen LogP contribution in [0.15, 0.2) is 42.6 Å². The van der Waals surface area contributed by atoms with Crippen LogP contribution in [0.4, 0.5) is 11.5 Å². The summed E-state index contributed by atoms with van der Waals surface area (Å²) in [5.41, 5.74) is 1.88. The quantitative estimate of drug-likeness (QED) is 0.587. The van der Waals surface area contributed by atoms with Crippen molar-refractivity contribution < 1.29 is 4.92 Å².